The van der Waals surface area contributed by atoms with Gasteiger partial charge in [-0.25, -0.2) is 8.42 Å². The van der Waals surface area contributed by atoms with Crippen LogP contribution in [0.1, 0.15) is 11.1 Å². The standard InChI is InChI=1S/C14H13BrClNO3S/c1-9-5-6-11(7-10(9)8-18)21(19,20)17-13-4-2-3-12(16)14(13)15/h2-7,17-18H,8H2,1H3. The van der Waals surface area contributed by atoms with E-state index in [0.717, 1.165) is 5.56 Å². The molecule has 0 amide bonds. The molecule has 0 saturated heterocycles. The van der Waals surface area contributed by atoms with E-state index in [1.165, 1.54) is 12.1 Å². The van der Waals surface area contributed by atoms with E-state index < -0.39 is 10.0 Å². The first-order chi connectivity index (χ1) is 9.85. The molecule has 2 aromatic carbocycles. The first-order valence-corrected chi connectivity index (χ1v) is 8.68. The minimum absolute atomic E-state index is 0.0871. The van der Waals surface area contributed by atoms with Gasteiger partial charge in [0.1, 0.15) is 0 Å². The first-order valence-electron chi connectivity index (χ1n) is 6.02. The van der Waals surface area contributed by atoms with Crippen LogP contribution in [-0.2, 0) is 16.6 Å². The summed E-state index contributed by atoms with van der Waals surface area (Å²) in [7, 11) is -3.75. The van der Waals surface area contributed by atoms with Gasteiger partial charge in [-0.2, -0.15) is 0 Å². The van der Waals surface area contributed by atoms with Crippen LogP contribution in [0.4, 0.5) is 5.69 Å². The molecule has 0 heterocycles. The van der Waals surface area contributed by atoms with Crippen molar-refractivity contribution >= 4 is 43.2 Å². The fraction of sp³-hybridized carbons (Fsp3) is 0.143. The number of benzene rings is 2. The Labute approximate surface area is 136 Å². The zero-order chi connectivity index (χ0) is 15.6. The van der Waals surface area contributed by atoms with E-state index in [1.54, 1.807) is 24.3 Å². The van der Waals surface area contributed by atoms with Crippen molar-refractivity contribution in [1.29, 1.82) is 0 Å². The molecular weight excluding hydrogens is 378 g/mol. The molecule has 7 heteroatoms. The number of hydrogen-bond donors (Lipinski definition) is 2. The average molecular weight is 391 g/mol. The molecule has 2 rings (SSSR count). The summed E-state index contributed by atoms with van der Waals surface area (Å²) in [4.78, 5) is 0.0871. The summed E-state index contributed by atoms with van der Waals surface area (Å²) in [5.41, 5.74) is 1.76. The van der Waals surface area contributed by atoms with E-state index in [-0.39, 0.29) is 11.5 Å². The van der Waals surface area contributed by atoms with Crippen molar-refractivity contribution in [3.05, 3.63) is 57.0 Å². The second-order valence-electron chi connectivity index (χ2n) is 4.45. The lowest BCUT2D eigenvalue weighted by Crippen LogP contribution is -2.14. The van der Waals surface area contributed by atoms with E-state index in [9.17, 15) is 13.5 Å². The highest BCUT2D eigenvalue weighted by molar-refractivity contribution is 9.10. The minimum Gasteiger partial charge on any atom is -0.392 e. The van der Waals surface area contributed by atoms with Crippen LogP contribution in [0.25, 0.3) is 0 Å². The zero-order valence-electron chi connectivity index (χ0n) is 11.1. The average Bonchev–Trinajstić information content (AvgIpc) is 2.44. The minimum atomic E-state index is -3.75. The molecule has 2 aromatic rings. The second-order valence-corrected chi connectivity index (χ2v) is 7.34. The number of rotatable bonds is 4. The lowest BCUT2D eigenvalue weighted by Gasteiger charge is -2.12. The van der Waals surface area contributed by atoms with Crippen LogP contribution in [0, 0.1) is 6.92 Å². The molecule has 21 heavy (non-hydrogen) atoms. The Morgan fingerprint density at radius 2 is 2.00 bits per heavy atom. The van der Waals surface area contributed by atoms with Crippen molar-refractivity contribution in [3.8, 4) is 0 Å². The van der Waals surface area contributed by atoms with Gasteiger partial charge in [-0.1, -0.05) is 23.7 Å². The Morgan fingerprint density at radius 3 is 2.67 bits per heavy atom. The van der Waals surface area contributed by atoms with Crippen LogP contribution in [-0.4, -0.2) is 13.5 Å². The van der Waals surface area contributed by atoms with Crippen molar-refractivity contribution in [2.75, 3.05) is 4.72 Å². The first kappa shape index (κ1) is 16.3. The highest BCUT2D eigenvalue weighted by atomic mass is 79.9. The third kappa shape index (κ3) is 3.58. The lowest BCUT2D eigenvalue weighted by atomic mass is 10.1. The summed E-state index contributed by atoms with van der Waals surface area (Å²) in [6.07, 6.45) is 0. The molecule has 0 fully saturated rings. The molecule has 2 N–H and O–H groups in total. The summed E-state index contributed by atoms with van der Waals surface area (Å²) in [5, 5.41) is 9.65. The number of halogens is 2. The van der Waals surface area contributed by atoms with Crippen LogP contribution in [0.3, 0.4) is 0 Å². The van der Waals surface area contributed by atoms with Gasteiger partial charge in [0.15, 0.2) is 0 Å². The van der Waals surface area contributed by atoms with Gasteiger partial charge in [0, 0.05) is 0 Å². The maximum Gasteiger partial charge on any atom is 0.261 e. The number of aliphatic hydroxyl groups excluding tert-OH is 1. The van der Waals surface area contributed by atoms with Crippen molar-refractivity contribution in [3.63, 3.8) is 0 Å². The Kier molecular flexibility index (Phi) is 4.93. The Hall–Kier alpha value is -1.08. The van der Waals surface area contributed by atoms with E-state index >= 15 is 0 Å². The maximum atomic E-state index is 12.4. The molecule has 0 saturated carbocycles. The number of aryl methyl sites for hydroxylation is 1. The summed E-state index contributed by atoms with van der Waals surface area (Å²) in [5.74, 6) is 0. The van der Waals surface area contributed by atoms with Crippen LogP contribution < -0.4 is 4.72 Å². The predicted molar refractivity (Wildman–Crippen MR) is 87.1 cm³/mol. The van der Waals surface area contributed by atoms with Crippen molar-refractivity contribution in [2.24, 2.45) is 0 Å². The Morgan fingerprint density at radius 1 is 1.29 bits per heavy atom. The lowest BCUT2D eigenvalue weighted by molar-refractivity contribution is 0.281. The smallest absolute Gasteiger partial charge is 0.261 e. The van der Waals surface area contributed by atoms with Crippen molar-refractivity contribution in [1.82, 2.24) is 0 Å². The van der Waals surface area contributed by atoms with Gasteiger partial charge in [0.25, 0.3) is 10.0 Å². The third-order valence-corrected chi connectivity index (χ3v) is 5.76. The molecular formula is C14H13BrClNO3S. The van der Waals surface area contributed by atoms with Gasteiger partial charge < -0.3 is 5.11 Å². The normalized spacial score (nSPS) is 11.4. The van der Waals surface area contributed by atoms with Crippen LogP contribution in [0.15, 0.2) is 45.8 Å². The second kappa shape index (κ2) is 6.36. The molecule has 0 aromatic heterocycles. The van der Waals surface area contributed by atoms with E-state index in [2.05, 4.69) is 20.7 Å². The number of hydrogen-bond acceptors (Lipinski definition) is 3. The molecule has 112 valence electrons. The molecule has 0 aliphatic rings. The summed E-state index contributed by atoms with van der Waals surface area (Å²) >= 11 is 9.19. The number of nitrogens with one attached hydrogen (secondary N) is 1. The summed E-state index contributed by atoms with van der Waals surface area (Å²) in [6.45, 7) is 1.60. The van der Waals surface area contributed by atoms with Gasteiger partial charge >= 0.3 is 0 Å². The van der Waals surface area contributed by atoms with E-state index in [1.807, 2.05) is 6.92 Å². The number of sulfonamides is 1. The van der Waals surface area contributed by atoms with Crippen molar-refractivity contribution < 1.29 is 13.5 Å². The molecule has 0 unspecified atom stereocenters. The molecule has 0 aliphatic carbocycles. The van der Waals surface area contributed by atoms with E-state index in [4.69, 9.17) is 11.6 Å². The SMILES string of the molecule is Cc1ccc(S(=O)(=O)Nc2cccc(Cl)c2Br)cc1CO. The topological polar surface area (TPSA) is 66.4 Å². The molecule has 0 radical (unpaired) electrons. The van der Waals surface area contributed by atoms with Crippen LogP contribution in [0.5, 0.6) is 0 Å². The molecule has 4 nitrogen and oxygen atoms in total. The molecule has 0 spiro atoms. The van der Waals surface area contributed by atoms with Crippen LogP contribution in [0.2, 0.25) is 5.02 Å². The van der Waals surface area contributed by atoms with Gasteiger partial charge in [-0.3, -0.25) is 4.72 Å². The van der Waals surface area contributed by atoms with Crippen molar-refractivity contribution in [2.45, 2.75) is 18.4 Å². The highest BCUT2D eigenvalue weighted by Gasteiger charge is 2.17. The summed E-state index contributed by atoms with van der Waals surface area (Å²) in [6, 6.07) is 9.52. The monoisotopic (exact) mass is 389 g/mol. The Balaban J connectivity index is 2.41. The van der Waals surface area contributed by atoms with E-state index in [0.29, 0.717) is 20.7 Å². The predicted octanol–water partition coefficient (Wildman–Crippen LogP) is 3.70. The van der Waals surface area contributed by atoms with Gasteiger partial charge in [0.2, 0.25) is 0 Å². The molecule has 0 atom stereocenters. The third-order valence-electron chi connectivity index (χ3n) is 3.00. The maximum absolute atomic E-state index is 12.4. The molecule has 0 bridgehead atoms. The van der Waals surface area contributed by atoms with Gasteiger partial charge in [0.05, 0.1) is 26.7 Å². The summed E-state index contributed by atoms with van der Waals surface area (Å²) < 4.78 is 27.7. The quantitative estimate of drug-likeness (QED) is 0.836. The molecule has 0 aliphatic heterocycles. The highest BCUT2D eigenvalue weighted by Crippen LogP contribution is 2.31. The van der Waals surface area contributed by atoms with Crippen LogP contribution >= 0.6 is 27.5 Å². The fourth-order valence-electron chi connectivity index (χ4n) is 1.77. The number of anilines is 1. The largest absolute Gasteiger partial charge is 0.392 e. The fourth-order valence-corrected chi connectivity index (χ4v) is 3.56. The van der Waals surface area contributed by atoms with Gasteiger partial charge in [-0.05, 0) is 58.2 Å². The zero-order valence-corrected chi connectivity index (χ0v) is 14.3. The van der Waals surface area contributed by atoms with Gasteiger partial charge in [-0.15, -0.1) is 0 Å². The number of aliphatic hydroxyl groups is 1. The Bertz CT molecular complexity index is 778.